The lowest BCUT2D eigenvalue weighted by atomic mass is 10.1. The smallest absolute Gasteiger partial charge is 0.225 e. The maximum absolute atomic E-state index is 11.5. The molecule has 1 saturated heterocycles. The molecule has 0 bridgehead atoms. The second-order valence-electron chi connectivity index (χ2n) is 3.22. The van der Waals surface area contributed by atoms with Crippen LogP contribution in [0.2, 0.25) is 0 Å². The quantitative estimate of drug-likeness (QED) is 0.607. The maximum atomic E-state index is 11.5. The van der Waals surface area contributed by atoms with Crippen LogP contribution in [0.5, 0.6) is 0 Å². The molecule has 1 aliphatic rings. The van der Waals surface area contributed by atoms with Crippen molar-refractivity contribution in [3.63, 3.8) is 0 Å². The number of carbonyl (C=O) groups excluding carboxylic acids is 1. The summed E-state index contributed by atoms with van der Waals surface area (Å²) in [5, 5.41) is 0. The average Bonchev–Trinajstić information content (AvgIpc) is 2.34. The van der Waals surface area contributed by atoms with E-state index in [0.717, 1.165) is 32.4 Å². The predicted molar refractivity (Wildman–Crippen MR) is 45.3 cm³/mol. The van der Waals surface area contributed by atoms with E-state index in [1.165, 1.54) is 0 Å². The van der Waals surface area contributed by atoms with Crippen LogP contribution in [0.25, 0.3) is 0 Å². The standard InChI is InChI=1S/C9H17NO/c1-3-6-10-7-5-8(4-2)9(10)11/h8H,3-7H2,1-2H3. The minimum absolute atomic E-state index is 0.335. The van der Waals surface area contributed by atoms with Gasteiger partial charge in [0.1, 0.15) is 0 Å². The van der Waals surface area contributed by atoms with Crippen molar-refractivity contribution in [2.75, 3.05) is 13.1 Å². The number of amides is 1. The van der Waals surface area contributed by atoms with Crippen molar-refractivity contribution in [1.82, 2.24) is 4.90 Å². The highest BCUT2D eigenvalue weighted by molar-refractivity contribution is 5.80. The number of carbonyl (C=O) groups is 1. The summed E-state index contributed by atoms with van der Waals surface area (Å²) < 4.78 is 0. The summed E-state index contributed by atoms with van der Waals surface area (Å²) in [6, 6.07) is 0. The minimum atomic E-state index is 0.335. The molecule has 0 N–H and O–H groups in total. The molecule has 2 heteroatoms. The topological polar surface area (TPSA) is 20.3 Å². The largest absolute Gasteiger partial charge is 0.342 e. The molecular formula is C9H17NO. The van der Waals surface area contributed by atoms with E-state index >= 15 is 0 Å². The van der Waals surface area contributed by atoms with Crippen LogP contribution in [0.4, 0.5) is 0 Å². The minimum Gasteiger partial charge on any atom is -0.342 e. The molecule has 2 nitrogen and oxygen atoms in total. The summed E-state index contributed by atoms with van der Waals surface area (Å²) in [5.41, 5.74) is 0. The van der Waals surface area contributed by atoms with Crippen molar-refractivity contribution in [1.29, 1.82) is 0 Å². The number of hydrogen-bond donors (Lipinski definition) is 0. The first-order valence-electron chi connectivity index (χ1n) is 4.58. The van der Waals surface area contributed by atoms with Gasteiger partial charge in [-0.15, -0.1) is 0 Å². The fourth-order valence-electron chi connectivity index (χ4n) is 1.67. The fraction of sp³-hybridized carbons (Fsp3) is 0.889. The molecule has 0 saturated carbocycles. The number of rotatable bonds is 3. The van der Waals surface area contributed by atoms with Crippen molar-refractivity contribution in [2.24, 2.45) is 5.92 Å². The zero-order valence-corrected chi connectivity index (χ0v) is 7.47. The van der Waals surface area contributed by atoms with Gasteiger partial charge >= 0.3 is 0 Å². The molecule has 1 fully saturated rings. The molecule has 1 atom stereocenters. The van der Waals surface area contributed by atoms with Crippen LogP contribution in [-0.2, 0) is 4.79 Å². The summed E-state index contributed by atoms with van der Waals surface area (Å²) in [6.45, 7) is 6.16. The van der Waals surface area contributed by atoms with E-state index in [9.17, 15) is 4.79 Å². The van der Waals surface area contributed by atoms with Crippen LogP contribution >= 0.6 is 0 Å². The Balaban J connectivity index is 2.42. The van der Waals surface area contributed by atoms with Gasteiger partial charge in [0, 0.05) is 19.0 Å². The van der Waals surface area contributed by atoms with Gasteiger partial charge in [-0.2, -0.15) is 0 Å². The molecule has 0 aromatic heterocycles. The van der Waals surface area contributed by atoms with Gasteiger partial charge < -0.3 is 4.90 Å². The Morgan fingerprint density at radius 3 is 2.73 bits per heavy atom. The van der Waals surface area contributed by atoms with Gasteiger partial charge in [-0.1, -0.05) is 13.8 Å². The van der Waals surface area contributed by atoms with Gasteiger partial charge in [0.2, 0.25) is 5.91 Å². The molecule has 1 aliphatic heterocycles. The summed E-state index contributed by atoms with van der Waals surface area (Å²) in [7, 11) is 0. The molecule has 11 heavy (non-hydrogen) atoms. The summed E-state index contributed by atoms with van der Waals surface area (Å²) >= 11 is 0. The molecule has 0 aliphatic carbocycles. The lowest BCUT2D eigenvalue weighted by Crippen LogP contribution is -2.27. The van der Waals surface area contributed by atoms with E-state index in [-0.39, 0.29) is 0 Å². The Labute approximate surface area is 68.6 Å². The van der Waals surface area contributed by atoms with E-state index < -0.39 is 0 Å². The molecule has 0 aromatic rings. The Morgan fingerprint density at radius 2 is 2.27 bits per heavy atom. The Hall–Kier alpha value is -0.530. The Bertz CT molecular complexity index is 144. The van der Waals surface area contributed by atoms with Crippen molar-refractivity contribution in [3.05, 3.63) is 0 Å². The molecule has 1 rings (SSSR count). The highest BCUT2D eigenvalue weighted by atomic mass is 16.2. The van der Waals surface area contributed by atoms with Crippen LogP contribution in [0.3, 0.4) is 0 Å². The van der Waals surface area contributed by atoms with Crippen molar-refractivity contribution in [3.8, 4) is 0 Å². The third-order valence-electron chi connectivity index (χ3n) is 2.39. The maximum Gasteiger partial charge on any atom is 0.225 e. The monoisotopic (exact) mass is 155 g/mol. The molecule has 0 spiro atoms. The van der Waals surface area contributed by atoms with Gasteiger partial charge in [0.05, 0.1) is 0 Å². The van der Waals surface area contributed by atoms with E-state index in [1.807, 2.05) is 4.90 Å². The van der Waals surface area contributed by atoms with E-state index in [1.54, 1.807) is 0 Å². The third kappa shape index (κ3) is 1.73. The first kappa shape index (κ1) is 8.57. The van der Waals surface area contributed by atoms with Gasteiger partial charge in [-0.3, -0.25) is 4.79 Å². The van der Waals surface area contributed by atoms with E-state index in [4.69, 9.17) is 0 Å². The third-order valence-corrected chi connectivity index (χ3v) is 2.39. The SMILES string of the molecule is CCCN1CCC(CC)C1=O. The van der Waals surface area contributed by atoms with Crippen molar-refractivity contribution >= 4 is 5.91 Å². The van der Waals surface area contributed by atoms with Crippen molar-refractivity contribution < 1.29 is 4.79 Å². The molecular weight excluding hydrogens is 138 g/mol. The van der Waals surface area contributed by atoms with Gasteiger partial charge in [-0.25, -0.2) is 0 Å². The van der Waals surface area contributed by atoms with Gasteiger partial charge in [0.15, 0.2) is 0 Å². The second kappa shape index (κ2) is 3.74. The molecule has 1 unspecified atom stereocenters. The number of hydrogen-bond acceptors (Lipinski definition) is 1. The molecule has 0 aromatic carbocycles. The van der Waals surface area contributed by atoms with Crippen LogP contribution in [0.1, 0.15) is 33.1 Å². The van der Waals surface area contributed by atoms with Gasteiger partial charge in [-0.05, 0) is 19.3 Å². The molecule has 1 heterocycles. The number of likely N-dealkylation sites (tertiary alicyclic amines) is 1. The van der Waals surface area contributed by atoms with Crippen LogP contribution in [0.15, 0.2) is 0 Å². The predicted octanol–water partition coefficient (Wildman–Crippen LogP) is 1.65. The second-order valence-corrected chi connectivity index (χ2v) is 3.22. The summed E-state index contributed by atoms with van der Waals surface area (Å²) in [6.07, 6.45) is 3.18. The lowest BCUT2D eigenvalue weighted by molar-refractivity contribution is -0.131. The fourth-order valence-corrected chi connectivity index (χ4v) is 1.67. The highest BCUT2D eigenvalue weighted by Gasteiger charge is 2.28. The van der Waals surface area contributed by atoms with Crippen LogP contribution in [0, 0.1) is 5.92 Å². The lowest BCUT2D eigenvalue weighted by Gasteiger charge is -2.14. The Kier molecular flexibility index (Phi) is 2.92. The summed E-state index contributed by atoms with van der Waals surface area (Å²) in [5.74, 6) is 0.718. The average molecular weight is 155 g/mol. The van der Waals surface area contributed by atoms with Crippen LogP contribution in [-0.4, -0.2) is 23.9 Å². The normalized spacial score (nSPS) is 24.7. The molecule has 64 valence electrons. The van der Waals surface area contributed by atoms with E-state index in [0.29, 0.717) is 11.8 Å². The number of nitrogens with zero attached hydrogens (tertiary/aromatic N) is 1. The summed E-state index contributed by atoms with van der Waals surface area (Å²) in [4.78, 5) is 13.4. The first-order valence-corrected chi connectivity index (χ1v) is 4.58. The zero-order chi connectivity index (χ0) is 8.27. The van der Waals surface area contributed by atoms with Crippen LogP contribution < -0.4 is 0 Å². The van der Waals surface area contributed by atoms with E-state index in [2.05, 4.69) is 13.8 Å². The van der Waals surface area contributed by atoms with Gasteiger partial charge in [0.25, 0.3) is 0 Å². The zero-order valence-electron chi connectivity index (χ0n) is 7.47. The first-order chi connectivity index (χ1) is 5.29. The highest BCUT2D eigenvalue weighted by Crippen LogP contribution is 2.20. The Morgan fingerprint density at radius 1 is 1.55 bits per heavy atom. The van der Waals surface area contributed by atoms with Crippen molar-refractivity contribution in [2.45, 2.75) is 33.1 Å². The molecule has 0 radical (unpaired) electrons. The molecule has 1 amide bonds.